The third kappa shape index (κ3) is 2.91. The molecule has 0 atom stereocenters. The van der Waals surface area contributed by atoms with Crippen LogP contribution < -0.4 is 5.73 Å². The number of nitriles is 1. The molecular weight excluding hydrogens is 326 g/mol. The number of nitrogens with zero attached hydrogens (tertiary/aromatic N) is 4. The number of phenols is 1. The average molecular weight is 345 g/mol. The van der Waals surface area contributed by atoms with E-state index in [1.54, 1.807) is 29.1 Å². The van der Waals surface area contributed by atoms with Gasteiger partial charge in [0.25, 0.3) is 0 Å². The Morgan fingerprint density at radius 3 is 2.77 bits per heavy atom. The molecule has 0 bridgehead atoms. The third-order valence-corrected chi connectivity index (χ3v) is 4.29. The number of phenolic OH excluding ortho intramolecular Hbond substituents is 1. The van der Waals surface area contributed by atoms with Crippen molar-refractivity contribution in [3.8, 4) is 34.2 Å². The van der Waals surface area contributed by atoms with Gasteiger partial charge in [-0.3, -0.25) is 4.68 Å². The van der Waals surface area contributed by atoms with Gasteiger partial charge in [0.15, 0.2) is 0 Å². The van der Waals surface area contributed by atoms with E-state index >= 15 is 0 Å². The van der Waals surface area contributed by atoms with Crippen LogP contribution >= 0.6 is 0 Å². The Labute approximate surface area is 151 Å². The van der Waals surface area contributed by atoms with Crippen LogP contribution in [0, 0.1) is 18.3 Å². The fourth-order valence-corrected chi connectivity index (χ4v) is 3.05. The maximum Gasteiger partial charge on any atom is 0.142 e. The molecule has 2 heterocycles. The Balaban J connectivity index is 2.30. The highest BCUT2D eigenvalue weighted by Crippen LogP contribution is 2.37. The van der Waals surface area contributed by atoms with Gasteiger partial charge in [-0.1, -0.05) is 12.1 Å². The SMILES string of the molecule is C=CCc1cc(-c2c(C)c(-c3cnn(C)c3)nc(N)c2C#N)ccc1O. The van der Waals surface area contributed by atoms with Gasteiger partial charge in [-0.2, -0.15) is 10.4 Å². The van der Waals surface area contributed by atoms with E-state index < -0.39 is 0 Å². The molecule has 0 aliphatic heterocycles. The zero-order chi connectivity index (χ0) is 18.8. The van der Waals surface area contributed by atoms with Gasteiger partial charge in [0, 0.05) is 24.4 Å². The topological polar surface area (TPSA) is 101 Å². The first-order valence-corrected chi connectivity index (χ1v) is 8.08. The van der Waals surface area contributed by atoms with Gasteiger partial charge in [-0.15, -0.1) is 6.58 Å². The van der Waals surface area contributed by atoms with E-state index in [1.165, 1.54) is 0 Å². The fraction of sp³-hybridized carbons (Fsp3) is 0.150. The molecule has 0 unspecified atom stereocenters. The Kier molecular flexibility index (Phi) is 4.46. The molecule has 2 aromatic heterocycles. The fourth-order valence-electron chi connectivity index (χ4n) is 3.05. The Bertz CT molecular complexity index is 1040. The van der Waals surface area contributed by atoms with Crippen LogP contribution in [0.1, 0.15) is 16.7 Å². The minimum atomic E-state index is 0.172. The quantitative estimate of drug-likeness (QED) is 0.706. The second kappa shape index (κ2) is 6.73. The number of hydrogen-bond donors (Lipinski definition) is 2. The van der Waals surface area contributed by atoms with E-state index in [-0.39, 0.29) is 11.6 Å². The van der Waals surface area contributed by atoms with E-state index in [4.69, 9.17) is 5.73 Å². The van der Waals surface area contributed by atoms with Crippen LogP contribution in [0.15, 0.2) is 43.2 Å². The standard InChI is InChI=1S/C20H19N5O/c1-4-5-13-8-14(6-7-17(13)26)18-12(2)19(15-10-23-25(3)11-15)24-20(22)16(18)9-21/h4,6-8,10-11,26H,1,5H2,2-3H3,(H2,22,24). The number of hydrogen-bond acceptors (Lipinski definition) is 5. The van der Waals surface area contributed by atoms with Gasteiger partial charge < -0.3 is 10.8 Å². The summed E-state index contributed by atoms with van der Waals surface area (Å²) in [5.41, 5.74) is 11.0. The normalized spacial score (nSPS) is 10.5. The number of nitrogen functional groups attached to an aromatic ring is 1. The summed E-state index contributed by atoms with van der Waals surface area (Å²) in [5.74, 6) is 0.365. The predicted molar refractivity (Wildman–Crippen MR) is 101 cm³/mol. The largest absolute Gasteiger partial charge is 0.508 e. The lowest BCUT2D eigenvalue weighted by molar-refractivity contribution is 0.470. The summed E-state index contributed by atoms with van der Waals surface area (Å²) in [6.07, 6.45) is 5.81. The second-order valence-electron chi connectivity index (χ2n) is 6.07. The van der Waals surface area contributed by atoms with E-state index in [1.807, 2.05) is 26.2 Å². The number of nitrogens with two attached hydrogens (primary N) is 1. The molecule has 0 fully saturated rings. The van der Waals surface area contributed by atoms with Crippen LogP contribution in [0.4, 0.5) is 5.82 Å². The van der Waals surface area contributed by atoms with E-state index in [0.717, 1.165) is 22.3 Å². The summed E-state index contributed by atoms with van der Waals surface area (Å²) in [5, 5.41) is 23.8. The monoisotopic (exact) mass is 345 g/mol. The minimum absolute atomic E-state index is 0.172. The summed E-state index contributed by atoms with van der Waals surface area (Å²) in [6, 6.07) is 7.41. The van der Waals surface area contributed by atoms with Crippen molar-refractivity contribution in [2.45, 2.75) is 13.3 Å². The average Bonchev–Trinajstić information content (AvgIpc) is 3.04. The highest BCUT2D eigenvalue weighted by atomic mass is 16.3. The maximum absolute atomic E-state index is 10.0. The van der Waals surface area contributed by atoms with Crippen molar-refractivity contribution in [1.29, 1.82) is 5.26 Å². The Morgan fingerprint density at radius 2 is 2.15 bits per heavy atom. The van der Waals surface area contributed by atoms with E-state index in [2.05, 4.69) is 22.7 Å². The van der Waals surface area contributed by atoms with Crippen molar-refractivity contribution in [2.24, 2.45) is 7.05 Å². The van der Waals surface area contributed by atoms with Crippen LogP contribution in [0.3, 0.4) is 0 Å². The first kappa shape index (κ1) is 17.2. The summed E-state index contributed by atoms with van der Waals surface area (Å²) >= 11 is 0. The molecule has 26 heavy (non-hydrogen) atoms. The summed E-state index contributed by atoms with van der Waals surface area (Å²) in [4.78, 5) is 4.43. The summed E-state index contributed by atoms with van der Waals surface area (Å²) in [7, 11) is 1.83. The van der Waals surface area contributed by atoms with Crippen molar-refractivity contribution in [3.05, 3.63) is 59.9 Å². The Morgan fingerprint density at radius 1 is 1.38 bits per heavy atom. The van der Waals surface area contributed by atoms with Gasteiger partial charge in [0.05, 0.1) is 11.9 Å². The van der Waals surface area contributed by atoms with Gasteiger partial charge in [0.2, 0.25) is 0 Å². The predicted octanol–water partition coefficient (Wildman–Crippen LogP) is 3.35. The number of aromatic nitrogens is 3. The molecule has 0 saturated carbocycles. The Hall–Kier alpha value is -3.59. The number of aryl methyl sites for hydroxylation is 1. The van der Waals surface area contributed by atoms with Crippen LogP contribution in [0.5, 0.6) is 5.75 Å². The van der Waals surface area contributed by atoms with Crippen LogP contribution in [-0.2, 0) is 13.5 Å². The molecule has 6 heteroatoms. The molecule has 3 aromatic rings. The number of rotatable bonds is 4. The number of aromatic hydroxyl groups is 1. The van der Waals surface area contributed by atoms with Gasteiger partial charge >= 0.3 is 0 Å². The molecule has 0 amide bonds. The van der Waals surface area contributed by atoms with E-state index in [0.29, 0.717) is 23.2 Å². The lowest BCUT2D eigenvalue weighted by atomic mass is 9.92. The van der Waals surface area contributed by atoms with Gasteiger partial charge in [0.1, 0.15) is 23.2 Å². The van der Waals surface area contributed by atoms with Crippen molar-refractivity contribution in [2.75, 3.05) is 5.73 Å². The van der Waals surface area contributed by atoms with Crippen molar-refractivity contribution in [1.82, 2.24) is 14.8 Å². The summed E-state index contributed by atoms with van der Waals surface area (Å²) in [6.45, 7) is 5.63. The van der Waals surface area contributed by atoms with Crippen LogP contribution in [0.25, 0.3) is 22.4 Å². The highest BCUT2D eigenvalue weighted by molar-refractivity contribution is 5.84. The lowest BCUT2D eigenvalue weighted by Crippen LogP contribution is -2.03. The van der Waals surface area contributed by atoms with Crippen LogP contribution in [0.2, 0.25) is 0 Å². The molecule has 6 nitrogen and oxygen atoms in total. The molecule has 1 aromatic carbocycles. The molecule has 0 saturated heterocycles. The molecule has 0 spiro atoms. The highest BCUT2D eigenvalue weighted by Gasteiger charge is 2.19. The van der Waals surface area contributed by atoms with Gasteiger partial charge in [-0.25, -0.2) is 4.98 Å². The van der Waals surface area contributed by atoms with Crippen molar-refractivity contribution in [3.63, 3.8) is 0 Å². The summed E-state index contributed by atoms with van der Waals surface area (Å²) < 4.78 is 1.69. The first-order valence-electron chi connectivity index (χ1n) is 8.08. The third-order valence-electron chi connectivity index (χ3n) is 4.29. The lowest BCUT2D eigenvalue weighted by Gasteiger charge is -2.15. The first-order chi connectivity index (χ1) is 12.5. The van der Waals surface area contributed by atoms with Gasteiger partial charge in [-0.05, 0) is 42.2 Å². The molecule has 130 valence electrons. The molecule has 0 radical (unpaired) electrons. The maximum atomic E-state index is 10.0. The van der Waals surface area contributed by atoms with E-state index in [9.17, 15) is 10.4 Å². The van der Waals surface area contributed by atoms with Crippen LogP contribution in [-0.4, -0.2) is 19.9 Å². The number of allylic oxidation sites excluding steroid dienone is 1. The zero-order valence-corrected chi connectivity index (χ0v) is 14.7. The zero-order valence-electron chi connectivity index (χ0n) is 14.7. The second-order valence-corrected chi connectivity index (χ2v) is 6.07. The van der Waals surface area contributed by atoms with Crippen molar-refractivity contribution < 1.29 is 5.11 Å². The minimum Gasteiger partial charge on any atom is -0.508 e. The molecule has 0 aliphatic rings. The molecule has 3 rings (SSSR count). The number of anilines is 1. The number of pyridine rings is 1. The molecule has 0 aliphatic carbocycles. The molecular formula is C20H19N5O. The molecule has 3 N–H and O–H groups in total. The number of benzene rings is 1. The van der Waals surface area contributed by atoms with Crippen molar-refractivity contribution >= 4 is 5.82 Å². The smallest absolute Gasteiger partial charge is 0.142 e.